The molecule has 192 valence electrons. The van der Waals surface area contributed by atoms with Gasteiger partial charge in [-0.1, -0.05) is 12.1 Å². The predicted molar refractivity (Wildman–Crippen MR) is 118 cm³/mol. The van der Waals surface area contributed by atoms with Gasteiger partial charge in [-0.25, -0.2) is 30.7 Å². The molecule has 3 aliphatic carbocycles. The first kappa shape index (κ1) is 24.6. The summed E-state index contributed by atoms with van der Waals surface area (Å²) < 4.78 is 89.2. The van der Waals surface area contributed by atoms with Gasteiger partial charge in [0, 0.05) is 23.3 Å². The Morgan fingerprint density at radius 1 is 1.11 bits per heavy atom. The van der Waals surface area contributed by atoms with Crippen molar-refractivity contribution in [2.75, 3.05) is 12.2 Å². The molecule has 3 fully saturated rings. The highest BCUT2D eigenvalue weighted by Crippen LogP contribution is 2.80. The average molecular weight is 527 g/mol. The highest BCUT2D eigenvalue weighted by atomic mass is 32.2. The van der Waals surface area contributed by atoms with Crippen molar-refractivity contribution >= 4 is 9.84 Å². The normalized spacial score (nSPS) is 24.9. The van der Waals surface area contributed by atoms with E-state index in [9.17, 15) is 22.3 Å². The molecule has 2 bridgehead atoms. The maximum atomic E-state index is 16.2. The van der Waals surface area contributed by atoms with Gasteiger partial charge in [-0.3, -0.25) is 0 Å². The average Bonchev–Trinajstić information content (AvgIpc) is 3.23. The number of aliphatic hydroxyl groups is 1. The lowest BCUT2D eigenvalue weighted by atomic mass is 9.30. The summed E-state index contributed by atoms with van der Waals surface area (Å²) in [5.41, 5.74) is -5.16. The fourth-order valence-corrected chi connectivity index (χ4v) is 5.96. The molecule has 1 atom stereocenters. The van der Waals surface area contributed by atoms with Gasteiger partial charge in [0.2, 0.25) is 0 Å². The van der Waals surface area contributed by atoms with Crippen LogP contribution in [0.25, 0.3) is 0 Å². The van der Waals surface area contributed by atoms with E-state index in [-0.39, 0.29) is 19.3 Å². The second-order valence-corrected chi connectivity index (χ2v) is 12.0. The minimum atomic E-state index is -3.81. The van der Waals surface area contributed by atoms with Crippen molar-refractivity contribution in [3.05, 3.63) is 71.6 Å². The minimum absolute atomic E-state index is 0.0390. The maximum absolute atomic E-state index is 16.2. The summed E-state index contributed by atoms with van der Waals surface area (Å²) in [4.78, 5) is 0. The van der Waals surface area contributed by atoms with Crippen molar-refractivity contribution in [1.82, 2.24) is 20.2 Å². The molecule has 0 aliphatic heterocycles. The third-order valence-corrected chi connectivity index (χ3v) is 7.83. The molecule has 3 aliphatic rings. The first-order valence-corrected chi connectivity index (χ1v) is 13.0. The number of rotatable bonds is 9. The smallest absolute Gasteiger partial charge is 0.287 e. The van der Waals surface area contributed by atoms with Gasteiger partial charge < -0.3 is 9.84 Å². The Bertz CT molecular complexity index is 1380. The minimum Gasteiger partial charge on any atom is -0.478 e. The summed E-state index contributed by atoms with van der Waals surface area (Å²) in [6.07, 6.45) is 2.19. The zero-order chi connectivity index (χ0) is 26.0. The van der Waals surface area contributed by atoms with Crippen LogP contribution >= 0.6 is 0 Å². The second kappa shape index (κ2) is 7.97. The van der Waals surface area contributed by atoms with Crippen LogP contribution in [0.4, 0.5) is 17.6 Å². The molecule has 0 radical (unpaired) electrons. The fraction of sp³-hybridized carbons (Fsp3) is 0.435. The Kier molecular flexibility index (Phi) is 5.45. The van der Waals surface area contributed by atoms with Gasteiger partial charge in [-0.2, -0.15) is 0 Å². The Morgan fingerprint density at radius 2 is 1.78 bits per heavy atom. The van der Waals surface area contributed by atoms with E-state index in [4.69, 9.17) is 4.74 Å². The highest BCUT2D eigenvalue weighted by molar-refractivity contribution is 7.90. The molecule has 13 heteroatoms. The van der Waals surface area contributed by atoms with Gasteiger partial charge in [-0.15, -0.1) is 5.10 Å². The molecule has 0 unspecified atom stereocenters. The van der Waals surface area contributed by atoms with Crippen molar-refractivity contribution in [2.24, 2.45) is 5.41 Å². The van der Waals surface area contributed by atoms with Gasteiger partial charge in [0.25, 0.3) is 5.92 Å². The molecule has 1 N–H and O–H groups in total. The number of nitrogens with zero attached hydrogens (tertiary/aromatic N) is 4. The molecule has 1 heterocycles. The molecular weight excluding hydrogens is 504 g/mol. The van der Waals surface area contributed by atoms with E-state index in [1.165, 1.54) is 0 Å². The Labute approximate surface area is 203 Å². The Balaban J connectivity index is 1.40. The number of aromatic nitrogens is 4. The molecule has 0 saturated heterocycles. The Hall–Kier alpha value is -3.06. The zero-order valence-electron chi connectivity index (χ0n) is 19.0. The van der Waals surface area contributed by atoms with Crippen LogP contribution in [0.2, 0.25) is 0 Å². The molecule has 0 amide bonds. The highest BCUT2D eigenvalue weighted by Gasteiger charge is 2.82. The van der Waals surface area contributed by atoms with Crippen molar-refractivity contribution in [2.45, 2.75) is 42.7 Å². The van der Waals surface area contributed by atoms with E-state index < -0.39 is 61.9 Å². The van der Waals surface area contributed by atoms with E-state index >= 15 is 8.78 Å². The van der Waals surface area contributed by atoms with Crippen molar-refractivity contribution < 1.29 is 35.8 Å². The van der Waals surface area contributed by atoms with Gasteiger partial charge in [-0.05, 0) is 64.9 Å². The molecule has 3 saturated carbocycles. The predicted octanol–water partition coefficient (Wildman–Crippen LogP) is 2.98. The monoisotopic (exact) mass is 526 g/mol. The molecule has 2 aromatic carbocycles. The maximum Gasteiger partial charge on any atom is 0.287 e. The topological polar surface area (TPSA) is 107 Å². The fourth-order valence-electron chi connectivity index (χ4n) is 5.61. The van der Waals surface area contributed by atoms with Crippen LogP contribution in [-0.4, -0.2) is 51.8 Å². The van der Waals surface area contributed by atoms with Crippen molar-refractivity contribution in [1.29, 1.82) is 0 Å². The number of halogens is 4. The van der Waals surface area contributed by atoms with Crippen molar-refractivity contribution in [3.63, 3.8) is 0 Å². The van der Waals surface area contributed by atoms with Crippen LogP contribution in [0.15, 0.2) is 48.8 Å². The molecule has 6 rings (SSSR count). The summed E-state index contributed by atoms with van der Waals surface area (Å²) in [6, 6.07) is 8.64. The lowest BCUT2D eigenvalue weighted by molar-refractivity contribution is -0.347. The van der Waals surface area contributed by atoms with E-state index in [1.807, 2.05) is 0 Å². The summed E-state index contributed by atoms with van der Waals surface area (Å²) >= 11 is 0. The van der Waals surface area contributed by atoms with E-state index in [0.717, 1.165) is 35.0 Å². The number of sulfone groups is 1. The number of alkyl halides is 2. The van der Waals surface area contributed by atoms with Gasteiger partial charge in [0.15, 0.2) is 21.4 Å². The van der Waals surface area contributed by atoms with Gasteiger partial charge >= 0.3 is 0 Å². The van der Waals surface area contributed by atoms with Crippen LogP contribution in [0, 0.1) is 17.0 Å². The molecule has 1 aromatic heterocycles. The van der Waals surface area contributed by atoms with E-state index in [1.54, 1.807) is 24.3 Å². The van der Waals surface area contributed by atoms with Crippen LogP contribution in [0.1, 0.15) is 30.4 Å². The summed E-state index contributed by atoms with van der Waals surface area (Å²) in [7, 11) is -3.32. The number of hydrogen-bond donors (Lipinski definition) is 1. The number of ether oxygens (including phenoxy) is 1. The van der Waals surface area contributed by atoms with Crippen LogP contribution in [0.5, 0.6) is 5.75 Å². The lowest BCUT2D eigenvalue weighted by Crippen LogP contribution is -2.76. The van der Waals surface area contributed by atoms with Crippen LogP contribution in [-0.2, 0) is 27.4 Å². The third-order valence-electron chi connectivity index (χ3n) is 7.28. The lowest BCUT2D eigenvalue weighted by Gasteiger charge is -2.74. The van der Waals surface area contributed by atoms with Gasteiger partial charge in [0.1, 0.15) is 23.7 Å². The standard InChI is InChI=1S/C23H22F4N4O4S/c1-36(33,34)14-35-17-5-2-15(3-6-17)20-9-21(10-20,11-20)23(26,27)22(32,12-31-13-28-29-30-31)18-7-4-16(24)8-19(18)25/h2-8,13,32H,9-12,14H2,1H3/t20?,21?,22-/m1/s1. The SMILES string of the molecule is CS(=O)(=O)COc1ccc(C23CC(C(F)(F)[C@@](O)(Cn4cnnn4)c4ccc(F)cc4F)(C2)C3)cc1. The molecule has 36 heavy (non-hydrogen) atoms. The van der Waals surface area contributed by atoms with Crippen LogP contribution in [0.3, 0.4) is 0 Å². The number of hydrogen-bond acceptors (Lipinski definition) is 7. The summed E-state index contributed by atoms with van der Waals surface area (Å²) in [5, 5.41) is 21.7. The largest absolute Gasteiger partial charge is 0.478 e. The number of tetrazole rings is 1. The summed E-state index contributed by atoms with van der Waals surface area (Å²) in [6.45, 7) is -0.837. The molecule has 3 aromatic rings. The molecule has 8 nitrogen and oxygen atoms in total. The Morgan fingerprint density at radius 3 is 2.33 bits per heavy atom. The zero-order valence-corrected chi connectivity index (χ0v) is 19.9. The summed E-state index contributed by atoms with van der Waals surface area (Å²) in [5.74, 6) is -6.22. The molecular formula is C23H22F4N4O4S. The van der Waals surface area contributed by atoms with Crippen LogP contribution < -0.4 is 4.74 Å². The second-order valence-electron chi connectivity index (χ2n) is 9.87. The molecule has 0 spiro atoms. The first-order chi connectivity index (χ1) is 16.8. The first-order valence-electron chi connectivity index (χ1n) is 11.0. The quantitative estimate of drug-likeness (QED) is 0.427. The van der Waals surface area contributed by atoms with E-state index in [0.29, 0.717) is 11.8 Å². The van der Waals surface area contributed by atoms with E-state index in [2.05, 4.69) is 15.5 Å². The van der Waals surface area contributed by atoms with Crippen molar-refractivity contribution in [3.8, 4) is 5.75 Å². The number of benzene rings is 2. The third kappa shape index (κ3) is 3.76. The van der Waals surface area contributed by atoms with Gasteiger partial charge in [0.05, 0.1) is 6.54 Å².